The molecule has 2 heterocycles. The van der Waals surface area contributed by atoms with E-state index in [1.807, 2.05) is 35.2 Å². The Balaban J connectivity index is 1.65. The van der Waals surface area contributed by atoms with E-state index in [1.165, 1.54) is 0 Å². The molecule has 1 N–H and O–H groups in total. The van der Waals surface area contributed by atoms with E-state index in [0.29, 0.717) is 18.0 Å². The van der Waals surface area contributed by atoms with Crippen molar-refractivity contribution in [3.8, 4) is 0 Å². The Morgan fingerprint density at radius 2 is 2.05 bits per heavy atom. The zero-order chi connectivity index (χ0) is 14.7. The number of rotatable bonds is 4. The van der Waals surface area contributed by atoms with Crippen LogP contribution >= 0.6 is 11.6 Å². The first-order chi connectivity index (χ1) is 10.2. The van der Waals surface area contributed by atoms with E-state index in [1.54, 1.807) is 12.4 Å². The Morgan fingerprint density at radius 1 is 1.24 bits per heavy atom. The van der Waals surface area contributed by atoms with Gasteiger partial charge in [0.25, 0.3) is 0 Å². The summed E-state index contributed by atoms with van der Waals surface area (Å²) in [6, 6.07) is 9.90. The quantitative estimate of drug-likeness (QED) is 0.940. The third-order valence-electron chi connectivity index (χ3n) is 3.58. The average Bonchev–Trinajstić information content (AvgIpc) is 2.93. The Hall–Kier alpha value is -2.07. The maximum Gasteiger partial charge on any atom is 0.227 e. The summed E-state index contributed by atoms with van der Waals surface area (Å²) in [5.74, 6) is 0.212. The van der Waals surface area contributed by atoms with Crippen molar-refractivity contribution in [2.75, 3.05) is 16.8 Å². The van der Waals surface area contributed by atoms with Gasteiger partial charge in [0, 0.05) is 37.6 Å². The fourth-order valence-corrected chi connectivity index (χ4v) is 2.62. The summed E-state index contributed by atoms with van der Waals surface area (Å²) < 4.78 is 0. The van der Waals surface area contributed by atoms with Crippen LogP contribution < -0.4 is 10.2 Å². The van der Waals surface area contributed by atoms with E-state index in [-0.39, 0.29) is 5.91 Å². The maximum atomic E-state index is 11.7. The third-order valence-corrected chi connectivity index (χ3v) is 3.88. The molecule has 4 nitrogen and oxygen atoms in total. The van der Waals surface area contributed by atoms with Gasteiger partial charge in [-0.3, -0.25) is 9.78 Å². The lowest BCUT2D eigenvalue weighted by Gasteiger charge is -2.16. The Kier molecular flexibility index (Phi) is 4.06. The molecule has 0 spiro atoms. The minimum atomic E-state index is 0.212. The van der Waals surface area contributed by atoms with Crippen molar-refractivity contribution in [3.63, 3.8) is 0 Å². The van der Waals surface area contributed by atoms with Crippen LogP contribution in [0.4, 0.5) is 11.4 Å². The molecule has 1 amide bonds. The van der Waals surface area contributed by atoms with Gasteiger partial charge in [0.1, 0.15) is 0 Å². The summed E-state index contributed by atoms with van der Waals surface area (Å²) in [5, 5.41) is 3.88. The second-order valence-electron chi connectivity index (χ2n) is 5.02. The van der Waals surface area contributed by atoms with Gasteiger partial charge in [-0.1, -0.05) is 23.7 Å². The lowest BCUT2D eigenvalue weighted by atomic mass is 10.2. The molecular weight excluding hydrogens is 286 g/mol. The van der Waals surface area contributed by atoms with Gasteiger partial charge in [0.05, 0.1) is 10.7 Å². The number of nitrogens with zero attached hydrogens (tertiary/aromatic N) is 2. The highest BCUT2D eigenvalue weighted by atomic mass is 35.5. The topological polar surface area (TPSA) is 45.2 Å². The summed E-state index contributed by atoms with van der Waals surface area (Å²) >= 11 is 6.05. The molecule has 0 bridgehead atoms. The van der Waals surface area contributed by atoms with Gasteiger partial charge in [-0.2, -0.15) is 0 Å². The second kappa shape index (κ2) is 6.14. The van der Waals surface area contributed by atoms with Crippen LogP contribution in [0.25, 0.3) is 0 Å². The Morgan fingerprint density at radius 3 is 2.71 bits per heavy atom. The van der Waals surface area contributed by atoms with Gasteiger partial charge in [0.2, 0.25) is 5.91 Å². The molecule has 5 heteroatoms. The lowest BCUT2D eigenvalue weighted by molar-refractivity contribution is -0.117. The number of carbonyl (C=O) groups excluding carboxylic acids is 1. The third kappa shape index (κ3) is 3.16. The maximum absolute atomic E-state index is 11.7. The first kappa shape index (κ1) is 13.9. The number of halogens is 1. The molecule has 0 radical (unpaired) electrons. The largest absolute Gasteiger partial charge is 0.380 e. The summed E-state index contributed by atoms with van der Waals surface area (Å²) in [5.41, 5.74) is 2.98. The first-order valence-corrected chi connectivity index (χ1v) is 7.34. The molecule has 1 aliphatic heterocycles. The molecular formula is C16H16ClN3O. The highest BCUT2D eigenvalue weighted by molar-refractivity contribution is 6.33. The summed E-state index contributed by atoms with van der Waals surface area (Å²) in [6.45, 7) is 1.50. The van der Waals surface area contributed by atoms with E-state index in [0.717, 1.165) is 29.9 Å². The molecule has 0 saturated carbocycles. The summed E-state index contributed by atoms with van der Waals surface area (Å²) in [6.07, 6.45) is 4.93. The Labute approximate surface area is 128 Å². The smallest absolute Gasteiger partial charge is 0.227 e. The number of amides is 1. The van der Waals surface area contributed by atoms with Crippen LogP contribution in [0, 0.1) is 0 Å². The predicted octanol–water partition coefficient (Wildman–Crippen LogP) is 3.47. The zero-order valence-electron chi connectivity index (χ0n) is 11.6. The molecule has 108 valence electrons. The minimum Gasteiger partial charge on any atom is -0.380 e. The monoisotopic (exact) mass is 301 g/mol. The molecule has 1 aromatic heterocycles. The second-order valence-corrected chi connectivity index (χ2v) is 5.43. The SMILES string of the molecule is O=C1CCCN1c1ccc(CNc2ccncc2Cl)cc1. The standard InChI is InChI=1S/C16H16ClN3O/c17-14-11-18-8-7-15(14)19-10-12-3-5-13(6-4-12)20-9-1-2-16(20)21/h3-8,11H,1-2,9-10H2,(H,18,19). The van der Waals surface area contributed by atoms with Crippen molar-refractivity contribution in [2.45, 2.75) is 19.4 Å². The fourth-order valence-electron chi connectivity index (χ4n) is 2.43. The molecule has 3 rings (SSSR count). The fraction of sp³-hybridized carbons (Fsp3) is 0.250. The van der Waals surface area contributed by atoms with Gasteiger partial charge in [-0.15, -0.1) is 0 Å². The molecule has 1 aromatic carbocycles. The van der Waals surface area contributed by atoms with Crippen molar-refractivity contribution in [1.82, 2.24) is 4.98 Å². The molecule has 1 fully saturated rings. The minimum absolute atomic E-state index is 0.212. The van der Waals surface area contributed by atoms with E-state index in [2.05, 4.69) is 10.3 Å². The van der Waals surface area contributed by atoms with Crippen LogP contribution in [0.2, 0.25) is 5.02 Å². The normalized spacial score (nSPS) is 14.5. The van der Waals surface area contributed by atoms with Crippen LogP contribution in [0.15, 0.2) is 42.7 Å². The summed E-state index contributed by atoms with van der Waals surface area (Å²) in [4.78, 5) is 17.5. The summed E-state index contributed by atoms with van der Waals surface area (Å²) in [7, 11) is 0. The number of nitrogens with one attached hydrogen (secondary N) is 1. The zero-order valence-corrected chi connectivity index (χ0v) is 12.3. The molecule has 1 saturated heterocycles. The van der Waals surface area contributed by atoms with E-state index in [4.69, 9.17) is 11.6 Å². The molecule has 21 heavy (non-hydrogen) atoms. The number of anilines is 2. The van der Waals surface area contributed by atoms with Crippen molar-refractivity contribution in [3.05, 3.63) is 53.3 Å². The van der Waals surface area contributed by atoms with Crippen molar-refractivity contribution in [2.24, 2.45) is 0 Å². The van der Waals surface area contributed by atoms with Crippen molar-refractivity contribution < 1.29 is 4.79 Å². The Bertz CT molecular complexity index is 642. The number of carbonyl (C=O) groups is 1. The number of pyridine rings is 1. The number of aromatic nitrogens is 1. The van der Waals surface area contributed by atoms with Gasteiger partial charge >= 0.3 is 0 Å². The molecule has 2 aromatic rings. The molecule has 1 aliphatic rings. The predicted molar refractivity (Wildman–Crippen MR) is 84.6 cm³/mol. The van der Waals surface area contributed by atoms with Crippen LogP contribution in [-0.4, -0.2) is 17.4 Å². The van der Waals surface area contributed by atoms with E-state index in [9.17, 15) is 4.79 Å². The highest BCUT2D eigenvalue weighted by Gasteiger charge is 2.21. The molecule has 0 aliphatic carbocycles. The van der Waals surface area contributed by atoms with Gasteiger partial charge in [-0.25, -0.2) is 0 Å². The van der Waals surface area contributed by atoms with Crippen molar-refractivity contribution in [1.29, 1.82) is 0 Å². The molecule has 0 atom stereocenters. The van der Waals surface area contributed by atoms with Crippen LogP contribution in [0.5, 0.6) is 0 Å². The lowest BCUT2D eigenvalue weighted by Crippen LogP contribution is -2.23. The average molecular weight is 302 g/mol. The molecule has 0 unspecified atom stereocenters. The van der Waals surface area contributed by atoms with E-state index >= 15 is 0 Å². The van der Waals surface area contributed by atoms with Gasteiger partial charge < -0.3 is 10.2 Å². The highest BCUT2D eigenvalue weighted by Crippen LogP contribution is 2.23. The number of hydrogen-bond donors (Lipinski definition) is 1. The van der Waals surface area contributed by atoms with E-state index < -0.39 is 0 Å². The van der Waals surface area contributed by atoms with Crippen LogP contribution in [0.3, 0.4) is 0 Å². The number of benzene rings is 1. The van der Waals surface area contributed by atoms with Crippen LogP contribution in [0.1, 0.15) is 18.4 Å². The van der Waals surface area contributed by atoms with Crippen LogP contribution in [-0.2, 0) is 11.3 Å². The first-order valence-electron chi connectivity index (χ1n) is 6.97. The van der Waals surface area contributed by atoms with Gasteiger partial charge in [-0.05, 0) is 30.2 Å². The number of hydrogen-bond acceptors (Lipinski definition) is 3. The van der Waals surface area contributed by atoms with Crippen molar-refractivity contribution >= 4 is 28.9 Å². The van der Waals surface area contributed by atoms with Gasteiger partial charge in [0.15, 0.2) is 0 Å².